The van der Waals surface area contributed by atoms with E-state index in [4.69, 9.17) is 0 Å². The van der Waals surface area contributed by atoms with Crippen LogP contribution in [0.25, 0.3) is 117 Å². The van der Waals surface area contributed by atoms with Crippen molar-refractivity contribution in [1.29, 1.82) is 0 Å². The fraction of sp³-hybridized carbons (Fsp3) is 0.250. The highest BCUT2D eigenvalue weighted by atomic mass is 32.2. The first-order valence-electron chi connectivity index (χ1n) is 41.8. The Morgan fingerprint density at radius 1 is 0.163 bits per heavy atom. The Morgan fingerprint density at radius 3 is 0.431 bits per heavy atom. The zero-order chi connectivity index (χ0) is 83.6. The van der Waals surface area contributed by atoms with E-state index < -0.39 is 16.6 Å². The summed E-state index contributed by atoms with van der Waals surface area (Å²) in [4.78, 5) is 31.5. The van der Waals surface area contributed by atoms with Gasteiger partial charge in [-0.3, -0.25) is 0 Å². The van der Waals surface area contributed by atoms with Crippen LogP contribution in [-0.4, -0.2) is 51.2 Å². The Labute approximate surface area is 825 Å². The number of hydrogen-bond donors (Lipinski definition) is 0. The van der Waals surface area contributed by atoms with Gasteiger partial charge in [0.25, 0.3) is 0 Å². The molecule has 18 rings (SSSR count). The molecule has 0 aliphatic rings. The van der Waals surface area contributed by atoms with Gasteiger partial charge in [0.05, 0.1) is 25.3 Å². The summed E-state index contributed by atoms with van der Waals surface area (Å²) in [5, 5.41) is 0. The van der Waals surface area contributed by atoms with Crippen LogP contribution in [0.15, 0.2) is 244 Å². The third-order valence-corrected chi connectivity index (χ3v) is 63.8. The van der Waals surface area contributed by atoms with Crippen molar-refractivity contribution in [3.63, 3.8) is 0 Å². The molecule has 0 spiro atoms. The van der Waals surface area contributed by atoms with E-state index in [0.29, 0.717) is 0 Å². The Bertz CT molecular complexity index is 5410. The molecule has 0 bridgehead atoms. The van der Waals surface area contributed by atoms with Crippen molar-refractivity contribution < 1.29 is 4.12 Å². The van der Waals surface area contributed by atoms with Crippen LogP contribution in [0.5, 0.6) is 0 Å². The standard InChI is InChI=1S/C96H90OS24Si2/c1-7-13-55-98-85-43-31-73(110-85)61-19-25-67(104-61)79-37-49-91(116-79)122(92-50-38-80(117-92)68-26-20-62(105-68)74-32-44-86(111-74)99-56-14-8-2,93-51-39-81(118-93)69-27-21-63(106-69)75-33-45-87(112-75)100-57-15-9-3)97-123(94-52-40-82(119-94)70-28-22-64(107-70)76-34-46-88(113-76)101-58-16-10-4,95-53-41-83(120-95)71-29-23-65(108-71)77-35-47-89(114-77)102-59-17-11-5)96-54-42-84(121-96)72-30-24-66(109-72)78-36-48-90(115-78)103-60-18-12-6/h19-54H,7-18,55-60H2,1-6H3. The summed E-state index contributed by atoms with van der Waals surface area (Å²) in [5.74, 6) is 6.92. The molecule has 0 aliphatic heterocycles. The number of thiophene rings is 18. The fourth-order valence-electron chi connectivity index (χ4n) is 13.9. The molecule has 0 saturated heterocycles. The smallest absolute Gasteiger partial charge is 0.309 e. The van der Waals surface area contributed by atoms with Crippen molar-refractivity contribution in [3.8, 4) is 117 Å². The molecule has 1 nitrogen and oxygen atoms in total. The lowest BCUT2D eigenvalue weighted by Gasteiger charge is -2.39. The lowest BCUT2D eigenvalue weighted by molar-refractivity contribution is 0.606. The van der Waals surface area contributed by atoms with E-state index in [1.54, 1.807) is 0 Å². The van der Waals surface area contributed by atoms with Crippen molar-refractivity contribution in [2.75, 3.05) is 34.5 Å². The maximum Gasteiger partial charge on any atom is 0.309 e. The highest BCUT2D eigenvalue weighted by molar-refractivity contribution is 8.02. The number of rotatable bonds is 44. The summed E-state index contributed by atoms with van der Waals surface area (Å²) in [5.41, 5.74) is 0. The largest absolute Gasteiger partial charge is 0.433 e. The summed E-state index contributed by atoms with van der Waals surface area (Å²) >= 11 is 47.3. The quantitative estimate of drug-likeness (QED) is 0.0211. The molecule has 0 amide bonds. The number of hydrogen-bond acceptors (Lipinski definition) is 25. The van der Waals surface area contributed by atoms with Gasteiger partial charge < -0.3 is 4.12 Å². The minimum Gasteiger partial charge on any atom is -0.433 e. The van der Waals surface area contributed by atoms with Crippen molar-refractivity contribution in [2.24, 2.45) is 0 Å². The molecule has 0 aromatic carbocycles. The van der Waals surface area contributed by atoms with Crippen molar-refractivity contribution in [2.45, 2.75) is 144 Å². The molecule has 632 valence electrons. The third-order valence-electron chi connectivity index (χ3n) is 20.5. The molecule has 0 N–H and O–H groups in total. The molecular weight excluding hydrogens is 1990 g/mol. The first-order valence-corrected chi connectivity index (χ1v) is 66.3. The van der Waals surface area contributed by atoms with Crippen LogP contribution in [0.2, 0.25) is 0 Å². The van der Waals surface area contributed by atoms with Gasteiger partial charge in [-0.2, -0.15) is 0 Å². The third kappa shape index (κ3) is 21.0. The van der Waals surface area contributed by atoms with Gasteiger partial charge in [0.15, 0.2) is 0 Å². The maximum atomic E-state index is 9.90. The van der Waals surface area contributed by atoms with Crippen LogP contribution in [0.3, 0.4) is 0 Å². The molecule has 27 heteroatoms. The van der Waals surface area contributed by atoms with E-state index in [0.717, 1.165) is 34.5 Å². The second kappa shape index (κ2) is 43.2. The summed E-state index contributed by atoms with van der Waals surface area (Å²) in [6.07, 6.45) is 14.6. The van der Waals surface area contributed by atoms with Gasteiger partial charge >= 0.3 is 16.6 Å². The molecule has 123 heavy (non-hydrogen) atoms. The second-order valence-corrected chi connectivity index (χ2v) is 66.2. The lowest BCUT2D eigenvalue weighted by Crippen LogP contribution is -2.79. The van der Waals surface area contributed by atoms with Crippen molar-refractivity contribution >= 4 is 318 Å². The minimum absolute atomic E-state index is 1.15. The predicted octanol–water partition coefficient (Wildman–Crippen LogP) is 36.8. The van der Waals surface area contributed by atoms with Crippen LogP contribution in [0.1, 0.15) is 119 Å². The molecular formula is C96H90OS24Si2. The highest BCUT2D eigenvalue weighted by Gasteiger charge is 2.57. The molecule has 18 aromatic heterocycles. The monoisotopic (exact) mass is 2080 g/mol. The fourth-order valence-corrected chi connectivity index (χ4v) is 59.7. The Balaban J connectivity index is 0.855. The van der Waals surface area contributed by atoms with Crippen molar-refractivity contribution in [3.05, 3.63) is 218 Å². The Morgan fingerprint density at radius 2 is 0.285 bits per heavy atom. The Kier molecular flexibility index (Phi) is 31.8. The molecule has 0 saturated carbocycles. The minimum atomic E-state index is -3.86. The zero-order valence-corrected chi connectivity index (χ0v) is 90.3. The van der Waals surface area contributed by atoms with Gasteiger partial charge in [0.1, 0.15) is 0 Å². The van der Waals surface area contributed by atoms with Gasteiger partial charge in [0, 0.05) is 144 Å². The summed E-state index contributed by atoms with van der Waals surface area (Å²) in [6, 6.07) is 87.2. The first-order chi connectivity index (χ1) is 60.5. The molecule has 0 unspecified atom stereocenters. The lowest BCUT2D eigenvalue weighted by atomic mass is 10.3. The van der Waals surface area contributed by atoms with Crippen LogP contribution in [-0.2, 0) is 4.12 Å². The highest BCUT2D eigenvalue weighted by Crippen LogP contribution is 2.51. The average molecular weight is 2090 g/mol. The summed E-state index contributed by atoms with van der Waals surface area (Å²) in [7, 11) is -7.72. The van der Waals surface area contributed by atoms with E-state index in [-0.39, 0.29) is 0 Å². The Hall–Kier alpha value is -2.91. The summed E-state index contributed by atoms with van der Waals surface area (Å²) < 4.78 is 26.2. The van der Waals surface area contributed by atoms with Crippen LogP contribution >= 0.6 is 275 Å². The number of thioether (sulfide) groups is 6. The molecule has 0 aliphatic carbocycles. The van der Waals surface area contributed by atoms with Crippen LogP contribution in [0, 0.1) is 0 Å². The topological polar surface area (TPSA) is 9.23 Å². The van der Waals surface area contributed by atoms with Gasteiger partial charge in [-0.25, -0.2) is 0 Å². The first kappa shape index (κ1) is 90.6. The van der Waals surface area contributed by atoms with Gasteiger partial charge in [-0.15, -0.1) is 275 Å². The summed E-state index contributed by atoms with van der Waals surface area (Å²) in [6.45, 7) is 13.8. The second-order valence-electron chi connectivity index (χ2n) is 29.4. The van der Waals surface area contributed by atoms with Gasteiger partial charge in [-0.05, 0) is 291 Å². The number of unbranched alkanes of at least 4 members (excludes halogenated alkanes) is 6. The van der Waals surface area contributed by atoms with Gasteiger partial charge in [0.2, 0.25) is 0 Å². The zero-order valence-electron chi connectivity index (χ0n) is 68.7. The maximum absolute atomic E-state index is 9.90. The van der Waals surface area contributed by atoms with Gasteiger partial charge in [-0.1, -0.05) is 80.1 Å². The predicted molar refractivity (Wildman–Crippen MR) is 590 cm³/mol. The van der Waals surface area contributed by atoms with Crippen LogP contribution in [0.4, 0.5) is 0 Å². The molecule has 0 radical (unpaired) electrons. The van der Waals surface area contributed by atoms with E-state index in [2.05, 4.69) is 260 Å². The van der Waals surface area contributed by atoms with E-state index >= 15 is 0 Å². The molecule has 18 heterocycles. The average Bonchev–Trinajstić information content (AvgIpc) is 1.59. The normalized spacial score (nSPS) is 12.1. The van der Waals surface area contributed by atoms with E-state index in [9.17, 15) is 4.12 Å². The molecule has 18 aromatic rings. The SMILES string of the molecule is CCCCSc1ccc(-c2ccc(-c3ccc([Si](O[Si](c4ccc(-c5ccc(-c6ccc(SCCCC)s6)s5)s4)(c4ccc(-c5ccc(-c6ccc(SCCCC)s6)s5)s4)c4ccc(-c5ccc(-c6ccc(SCCCC)s6)s5)s4)(c4ccc(-c5ccc(-c6ccc(SCCCC)s6)s5)s4)c4ccc(-c5ccc(-c6ccc(SCCCC)s6)s5)s4)s3)s2)s1. The molecule has 0 fully saturated rings. The van der Waals surface area contributed by atoms with E-state index in [1.807, 2.05) is 275 Å². The van der Waals surface area contributed by atoms with E-state index in [1.165, 1.54) is 246 Å². The van der Waals surface area contributed by atoms with Crippen molar-refractivity contribution in [1.82, 2.24) is 0 Å². The van der Waals surface area contributed by atoms with Crippen LogP contribution < -0.4 is 27.0 Å². The molecule has 0 atom stereocenters.